The summed E-state index contributed by atoms with van der Waals surface area (Å²) in [4.78, 5) is 39.6. The predicted octanol–water partition coefficient (Wildman–Crippen LogP) is 15.2. The number of nitrogens with two attached hydrogens (primary N) is 3. The van der Waals surface area contributed by atoms with E-state index in [1.807, 2.05) is 197 Å². The first kappa shape index (κ1) is 115. The molecule has 0 saturated heterocycles. The number of nitrogen functional groups attached to an aromatic ring is 1. The van der Waals surface area contributed by atoms with E-state index in [1.165, 1.54) is 32.3 Å². The van der Waals surface area contributed by atoms with Crippen LogP contribution in [0.4, 0.5) is 34.1 Å². The van der Waals surface area contributed by atoms with Crippen molar-refractivity contribution in [3.63, 3.8) is 0 Å². The van der Waals surface area contributed by atoms with Gasteiger partial charge in [0.1, 0.15) is 25.4 Å². The van der Waals surface area contributed by atoms with Crippen LogP contribution >= 0.6 is 128 Å². The molecule has 0 radical (unpaired) electrons. The maximum atomic E-state index is 11.1. The zero-order valence-electron chi connectivity index (χ0n) is 58.8. The topological polar surface area (TPSA) is 333 Å². The SMILES string of the molecule is C.CC.CC.CC.CC.CC.CC.CC.CC.CC.CC.CI.CI.ICI.I[I-]I.NC(=O)c1ccccc1N1C=NNN1.NCc1ccccc1N1C=NNN1.Nc1ccccc1C(=O)O.O=C(O)c1ccccc1N1C=NNN1.[C-]#[N+]c1ccccc1N1C=NNN1. The molecule has 4 aliphatic rings. The summed E-state index contributed by atoms with van der Waals surface area (Å²) in [6.45, 7) is 47.5. The van der Waals surface area contributed by atoms with Crippen molar-refractivity contribution in [2.24, 2.45) is 31.9 Å². The summed E-state index contributed by atoms with van der Waals surface area (Å²) in [7, 11) is 0. The Morgan fingerprint density at radius 3 is 1.00 bits per heavy atom. The predicted molar refractivity (Wildman–Crippen MR) is 463 cm³/mol. The first-order chi connectivity index (χ1) is 45.9. The first-order valence-corrected chi connectivity index (χ1v) is 50.0. The Bertz CT molecular complexity index is 2560. The van der Waals surface area contributed by atoms with Crippen molar-refractivity contribution < 1.29 is 37.9 Å². The number of primary amides is 1. The zero-order chi connectivity index (χ0) is 75.1. The summed E-state index contributed by atoms with van der Waals surface area (Å²) < 4.78 is 1.19. The van der Waals surface area contributed by atoms with Crippen molar-refractivity contribution in [3.8, 4) is 0 Å². The number of benzene rings is 5. The van der Waals surface area contributed by atoms with E-state index in [-0.39, 0.29) is 18.6 Å². The van der Waals surface area contributed by atoms with E-state index in [0.29, 0.717) is 48.1 Å². The number of hydrazone groups is 4. The molecular formula is C63H114I7N20O5-. The quantitative estimate of drug-likeness (QED) is 0.0297. The van der Waals surface area contributed by atoms with Crippen molar-refractivity contribution in [1.82, 2.24) is 44.3 Å². The molecule has 95 heavy (non-hydrogen) atoms. The summed E-state index contributed by atoms with van der Waals surface area (Å²) in [5, 5.41) is 38.9. The third kappa shape index (κ3) is 56.4. The molecule has 0 spiro atoms. The average molecular weight is 2120 g/mol. The standard InChI is InChI=1S/C8H9N5O.C8H7N5.C8H11N5.C8H8N4O2.C7H7NO2.10C2H6.CH2I2.2CH3I.CH4.I3/c9-8(14)6-3-1-2-4-7(6)13-5-10-11-12-13;1-9-7-4-2-3-5-8(7)13-6-10-11-12-13;9-5-7-3-1-2-4-8(7)13-6-10-11-12-13;13-8(14)6-3-1-2-4-7(6)12-5-9-10-11-12;8-6-4-2-1-3-5(6)7(9)10;10*1-2;2-1-3;2*1-2;;1-3-2/h1-5,11-12H,(H2,9,14);2-6,11-12H;1-4,6,11-12H,5,9H2;1-5,10-11H,(H,13,14);1-4H,8H2,(H,9,10);10*1-2H3;1H2;2*1H3;1H4;/q;;;;;;;;;;;;;;;;;;;-1. The summed E-state index contributed by atoms with van der Waals surface area (Å²) in [5.74, 6) is -2.43. The van der Waals surface area contributed by atoms with E-state index < -0.39 is 17.8 Å². The molecule has 5 aromatic rings. The van der Waals surface area contributed by atoms with E-state index in [9.17, 15) is 14.4 Å². The number of nitrogens with one attached hydrogen (secondary N) is 8. The molecule has 546 valence electrons. The summed E-state index contributed by atoms with van der Waals surface area (Å²) >= 11 is 14.2. The van der Waals surface area contributed by atoms with Crippen LogP contribution in [0.2, 0.25) is 0 Å². The van der Waals surface area contributed by atoms with E-state index in [2.05, 4.69) is 197 Å². The largest absolute Gasteiger partial charge is 0.478 e. The molecule has 0 bridgehead atoms. The minimum Gasteiger partial charge on any atom is -0.478 e. The summed E-state index contributed by atoms with van der Waals surface area (Å²) in [6.07, 6.45) is 6.21. The van der Waals surface area contributed by atoms with E-state index in [0.717, 1.165) is 16.9 Å². The number of halogens is 7. The van der Waals surface area contributed by atoms with Gasteiger partial charge in [0.15, 0.2) is 0 Å². The number of carboxylic acids is 2. The fourth-order valence-corrected chi connectivity index (χ4v) is 5.41. The average Bonchev–Trinajstić information content (AvgIpc) is 1.90. The van der Waals surface area contributed by atoms with Gasteiger partial charge in [0, 0.05) is 12.2 Å². The van der Waals surface area contributed by atoms with Gasteiger partial charge in [-0.05, 0) is 64.0 Å². The molecule has 32 heteroatoms. The molecule has 0 aromatic heterocycles. The van der Waals surface area contributed by atoms with Crippen LogP contribution in [-0.2, 0) is 6.54 Å². The minimum atomic E-state index is -0.988. The molecule has 0 fully saturated rings. The fourth-order valence-electron chi connectivity index (χ4n) is 5.41. The van der Waals surface area contributed by atoms with Gasteiger partial charge in [0.05, 0.1) is 48.4 Å². The number of carboxylic acid groups (broad SMARTS) is 2. The van der Waals surface area contributed by atoms with E-state index in [4.69, 9.17) is 34.0 Å². The van der Waals surface area contributed by atoms with Crippen LogP contribution in [0.25, 0.3) is 4.85 Å². The second-order valence-electron chi connectivity index (χ2n) is 12.5. The van der Waals surface area contributed by atoms with Crippen molar-refractivity contribution in [3.05, 3.63) is 155 Å². The van der Waals surface area contributed by atoms with Crippen LogP contribution in [0.3, 0.4) is 0 Å². The van der Waals surface area contributed by atoms with Gasteiger partial charge < -0.3 is 27.4 Å². The summed E-state index contributed by atoms with van der Waals surface area (Å²) in [6, 6.07) is 35.2. The number of carbonyl (C=O) groups excluding carboxylic acids is 1. The number of amides is 1. The molecule has 25 nitrogen and oxygen atoms in total. The minimum absolute atomic E-state index is 0. The van der Waals surface area contributed by atoms with Crippen LogP contribution in [0, 0.1) is 6.57 Å². The molecule has 5 aromatic carbocycles. The number of hydrogen-bond acceptors (Lipinski definition) is 21. The monoisotopic (exact) mass is 2120 g/mol. The van der Waals surface area contributed by atoms with Gasteiger partial charge in [0.25, 0.3) is 5.91 Å². The molecule has 9 rings (SSSR count). The van der Waals surface area contributed by atoms with E-state index in [1.54, 1.807) is 88.4 Å². The molecule has 4 heterocycles. The van der Waals surface area contributed by atoms with Gasteiger partial charge >= 0.3 is 62.4 Å². The zero-order valence-corrected chi connectivity index (χ0v) is 73.9. The molecule has 0 atom stereocenters. The maximum absolute atomic E-state index is 11.1. The van der Waals surface area contributed by atoms with Gasteiger partial charge in [-0.15, -0.1) is 22.1 Å². The third-order valence-electron chi connectivity index (χ3n) is 8.38. The Balaban J connectivity index is -0.0000000935. The molecule has 16 N–H and O–H groups in total. The molecular weight excluding hydrogens is 2010 g/mol. The van der Waals surface area contributed by atoms with Crippen molar-refractivity contribution in [1.29, 1.82) is 0 Å². The number of hydrogen-bond donors (Lipinski definition) is 13. The Morgan fingerprint density at radius 1 is 0.463 bits per heavy atom. The number of alkyl halides is 4. The number of anilines is 5. The molecule has 1 amide bonds. The molecule has 4 aliphatic heterocycles. The van der Waals surface area contributed by atoms with Crippen molar-refractivity contribution >= 4 is 205 Å². The molecule has 0 saturated carbocycles. The van der Waals surface area contributed by atoms with Crippen LogP contribution in [0.5, 0.6) is 0 Å². The molecule has 0 aliphatic carbocycles. The number of nitrogens with zero attached hydrogens (tertiary/aromatic N) is 9. The Hall–Kier alpha value is -4.21. The van der Waals surface area contributed by atoms with Gasteiger partial charge in [-0.25, -0.2) is 51.6 Å². The van der Waals surface area contributed by atoms with Gasteiger partial charge in [-0.1, -0.05) is 309 Å². The number of para-hydroxylation sites is 6. The normalized spacial score (nSPS) is 10.2. The van der Waals surface area contributed by atoms with Crippen LogP contribution in [0.1, 0.15) is 183 Å². The van der Waals surface area contributed by atoms with Crippen LogP contribution in [-0.4, -0.2) is 65.7 Å². The van der Waals surface area contributed by atoms with Crippen molar-refractivity contribution in [2.75, 3.05) is 38.1 Å². The Labute approximate surface area is 656 Å². The third-order valence-corrected chi connectivity index (χ3v) is 8.38. The number of aromatic carboxylic acids is 2. The number of rotatable bonds is 8. The first-order valence-electron chi connectivity index (χ1n) is 30.1. The second-order valence-corrected chi connectivity index (χ2v) is 33.2. The number of carbonyl (C=O) groups is 3. The maximum Gasteiger partial charge on any atom is 0.337 e. The number of hydrazine groups is 8. The summed E-state index contributed by atoms with van der Waals surface area (Å²) in [5.41, 5.74) is 43.1. The van der Waals surface area contributed by atoms with E-state index >= 15 is 0 Å². The second kappa shape index (κ2) is 94.0. The van der Waals surface area contributed by atoms with Crippen molar-refractivity contribution in [2.45, 2.75) is 152 Å². The van der Waals surface area contributed by atoms with Gasteiger partial charge in [-0.3, -0.25) is 9.80 Å². The smallest absolute Gasteiger partial charge is 0.337 e. The Kier molecular flexibility index (Phi) is 114. The van der Waals surface area contributed by atoms with Gasteiger partial charge in [-0.2, -0.15) is 20.4 Å². The Morgan fingerprint density at radius 2 is 0.716 bits per heavy atom. The fraction of sp³-hybridized carbons (Fsp3) is 0.397. The van der Waals surface area contributed by atoms with Gasteiger partial charge in [0.2, 0.25) is 5.69 Å². The molecule has 0 unspecified atom stereocenters. The van der Waals surface area contributed by atoms with Crippen LogP contribution < -0.4 is 94.8 Å². The van der Waals surface area contributed by atoms with Crippen LogP contribution in [0.15, 0.2) is 142 Å².